The number of rotatable bonds is 5. The van der Waals surface area contributed by atoms with E-state index in [0.29, 0.717) is 21.7 Å². The van der Waals surface area contributed by atoms with E-state index in [1.165, 1.54) is 30.5 Å². The summed E-state index contributed by atoms with van der Waals surface area (Å²) in [6.45, 7) is 0. The van der Waals surface area contributed by atoms with Crippen LogP contribution in [0.2, 0.25) is 5.02 Å². The first-order valence-electron chi connectivity index (χ1n) is 8.09. The summed E-state index contributed by atoms with van der Waals surface area (Å²) in [6.07, 6.45) is 1.72. The maximum Gasteiger partial charge on any atom is 0.131 e. The molecule has 27 heavy (non-hydrogen) atoms. The highest BCUT2D eigenvalue weighted by Crippen LogP contribution is 2.31. The molecule has 0 bridgehead atoms. The van der Waals surface area contributed by atoms with E-state index in [0.717, 1.165) is 0 Å². The van der Waals surface area contributed by atoms with Gasteiger partial charge < -0.3 is 10.2 Å². The van der Waals surface area contributed by atoms with Crippen LogP contribution in [0, 0.1) is 11.2 Å². The van der Waals surface area contributed by atoms with E-state index in [1.807, 2.05) is 0 Å². The number of aromatic nitrogens is 1. The summed E-state index contributed by atoms with van der Waals surface area (Å²) in [4.78, 5) is 3.97. The van der Waals surface area contributed by atoms with Crippen molar-refractivity contribution in [2.45, 2.75) is 6.10 Å². The zero-order valence-corrected chi connectivity index (χ0v) is 14.9. The molecule has 1 heterocycles. The fraction of sp³-hybridized carbons (Fsp3) is 0.0476. The van der Waals surface area contributed by atoms with Gasteiger partial charge in [-0.25, -0.2) is 4.39 Å². The van der Waals surface area contributed by atoms with Crippen LogP contribution in [0.3, 0.4) is 0 Å². The normalized spacial score (nSPS) is 13.0. The first-order chi connectivity index (χ1) is 13.0. The number of halogens is 2. The Morgan fingerprint density at radius 1 is 1.00 bits per heavy atom. The molecule has 0 spiro atoms. The number of aliphatic hydroxyl groups is 2. The molecule has 0 saturated carbocycles. The van der Waals surface area contributed by atoms with Gasteiger partial charge in [0.05, 0.1) is 11.3 Å². The third-order valence-corrected chi connectivity index (χ3v) is 4.30. The third-order valence-electron chi connectivity index (χ3n) is 4.05. The molecule has 2 aromatic carbocycles. The van der Waals surface area contributed by atoms with Crippen molar-refractivity contribution in [1.29, 1.82) is 5.41 Å². The number of nitrogens with zero attached hydrogens (tertiary/aromatic N) is 1. The molecule has 1 aromatic heterocycles. The van der Waals surface area contributed by atoms with E-state index >= 15 is 0 Å². The molecule has 3 aromatic rings. The van der Waals surface area contributed by atoms with E-state index in [4.69, 9.17) is 17.0 Å². The van der Waals surface area contributed by atoms with Crippen LogP contribution in [-0.4, -0.2) is 20.9 Å². The molecule has 3 N–H and O–H groups in total. The Balaban J connectivity index is 2.13. The molecular formula is C21H16ClFN2O2. The van der Waals surface area contributed by atoms with Crippen molar-refractivity contribution in [3.05, 3.63) is 106 Å². The van der Waals surface area contributed by atoms with Gasteiger partial charge in [-0.3, -0.25) is 10.4 Å². The molecule has 1 unspecified atom stereocenters. The summed E-state index contributed by atoms with van der Waals surface area (Å²) in [5.41, 5.74) is 1.02. The summed E-state index contributed by atoms with van der Waals surface area (Å²) < 4.78 is 13.2. The lowest BCUT2D eigenvalue weighted by atomic mass is 9.91. The average Bonchev–Trinajstić information content (AvgIpc) is 2.69. The number of pyridine rings is 1. The molecule has 6 heteroatoms. The molecular weight excluding hydrogens is 367 g/mol. The molecule has 0 fully saturated rings. The van der Waals surface area contributed by atoms with E-state index in [1.54, 1.807) is 42.6 Å². The van der Waals surface area contributed by atoms with Crippen LogP contribution in [0.25, 0.3) is 5.76 Å². The van der Waals surface area contributed by atoms with Crippen molar-refractivity contribution in [2.75, 3.05) is 0 Å². The second-order valence-corrected chi connectivity index (χ2v) is 6.28. The van der Waals surface area contributed by atoms with Gasteiger partial charge in [0.15, 0.2) is 0 Å². The molecule has 3 rings (SSSR count). The van der Waals surface area contributed by atoms with Crippen LogP contribution in [0.15, 0.2) is 78.6 Å². The van der Waals surface area contributed by atoms with Crippen LogP contribution in [0.1, 0.15) is 22.8 Å². The monoisotopic (exact) mass is 382 g/mol. The highest BCUT2D eigenvalue weighted by atomic mass is 35.5. The van der Waals surface area contributed by atoms with Crippen LogP contribution < -0.4 is 0 Å². The predicted octanol–water partition coefficient (Wildman–Crippen LogP) is 4.94. The Kier molecular flexibility index (Phi) is 5.64. The number of benzene rings is 2. The Hall–Kier alpha value is -3.02. The molecule has 136 valence electrons. The van der Waals surface area contributed by atoms with Gasteiger partial charge in [-0.1, -0.05) is 17.7 Å². The lowest BCUT2D eigenvalue weighted by Crippen LogP contribution is -2.15. The van der Waals surface area contributed by atoms with Gasteiger partial charge in [0.2, 0.25) is 0 Å². The molecule has 1 atom stereocenters. The second kappa shape index (κ2) is 8.12. The highest BCUT2D eigenvalue weighted by Gasteiger charge is 2.24. The van der Waals surface area contributed by atoms with Crippen molar-refractivity contribution in [3.8, 4) is 0 Å². The van der Waals surface area contributed by atoms with E-state index in [2.05, 4.69) is 4.98 Å². The van der Waals surface area contributed by atoms with Crippen molar-refractivity contribution < 1.29 is 14.6 Å². The van der Waals surface area contributed by atoms with Crippen LogP contribution in [-0.2, 0) is 0 Å². The first-order valence-corrected chi connectivity index (χ1v) is 8.47. The van der Waals surface area contributed by atoms with Gasteiger partial charge in [0.25, 0.3) is 0 Å². The second-order valence-electron chi connectivity index (χ2n) is 5.84. The summed E-state index contributed by atoms with van der Waals surface area (Å²) in [5.74, 6) is -0.704. The quantitative estimate of drug-likeness (QED) is 0.432. The fourth-order valence-corrected chi connectivity index (χ4v) is 2.75. The van der Waals surface area contributed by atoms with E-state index < -0.39 is 11.9 Å². The van der Waals surface area contributed by atoms with Gasteiger partial charge in [-0.15, -0.1) is 0 Å². The summed E-state index contributed by atoms with van der Waals surface area (Å²) >= 11 is 5.89. The van der Waals surface area contributed by atoms with Gasteiger partial charge in [0.1, 0.15) is 17.7 Å². The maximum atomic E-state index is 13.2. The number of aliphatic hydroxyl groups excluding tert-OH is 2. The van der Waals surface area contributed by atoms with Gasteiger partial charge >= 0.3 is 0 Å². The minimum atomic E-state index is -1.30. The standard InChI is InChI=1S/C21H16ClFN2O2/c22-16-7-3-14(4-8-16)20(26)18(21(27)15-2-1-11-25-12-15)19(24)13-5-9-17(23)10-6-13/h1-12,21,24,26-27H/b20-18+,24-19?. The minimum Gasteiger partial charge on any atom is -0.507 e. The highest BCUT2D eigenvalue weighted by molar-refractivity contribution is 6.30. The number of hydrogen-bond donors (Lipinski definition) is 3. The van der Waals surface area contributed by atoms with Crippen LogP contribution in [0.4, 0.5) is 4.39 Å². The first kappa shape index (κ1) is 18.8. The minimum absolute atomic E-state index is 0.0167. The van der Waals surface area contributed by atoms with Gasteiger partial charge in [-0.05, 0) is 54.6 Å². The van der Waals surface area contributed by atoms with E-state index in [-0.39, 0.29) is 17.0 Å². The molecule has 0 aliphatic heterocycles. The topological polar surface area (TPSA) is 77.2 Å². The molecule has 0 saturated heterocycles. The van der Waals surface area contributed by atoms with Crippen LogP contribution >= 0.6 is 11.6 Å². The Morgan fingerprint density at radius 2 is 1.63 bits per heavy atom. The Labute approximate surface area is 160 Å². The lowest BCUT2D eigenvalue weighted by molar-refractivity contribution is 0.219. The number of nitrogens with one attached hydrogen (secondary N) is 1. The zero-order chi connectivity index (χ0) is 19.4. The van der Waals surface area contributed by atoms with E-state index in [9.17, 15) is 14.6 Å². The average molecular weight is 383 g/mol. The molecule has 4 nitrogen and oxygen atoms in total. The SMILES string of the molecule is N=C(/C(=C(\O)c1ccc(Cl)cc1)C(O)c1cccnc1)c1ccc(F)cc1. The zero-order valence-electron chi connectivity index (χ0n) is 14.1. The Bertz CT molecular complexity index is 971. The smallest absolute Gasteiger partial charge is 0.131 e. The number of hydrogen-bond acceptors (Lipinski definition) is 4. The van der Waals surface area contributed by atoms with Crippen molar-refractivity contribution in [3.63, 3.8) is 0 Å². The lowest BCUT2D eigenvalue weighted by Gasteiger charge is -2.19. The van der Waals surface area contributed by atoms with Crippen LogP contribution in [0.5, 0.6) is 0 Å². The fourth-order valence-electron chi connectivity index (χ4n) is 2.62. The predicted molar refractivity (Wildman–Crippen MR) is 103 cm³/mol. The largest absolute Gasteiger partial charge is 0.507 e. The van der Waals surface area contributed by atoms with Gasteiger partial charge in [-0.2, -0.15) is 0 Å². The third kappa shape index (κ3) is 4.22. The summed E-state index contributed by atoms with van der Waals surface area (Å²) in [6, 6.07) is 14.9. The molecule has 0 aliphatic carbocycles. The summed E-state index contributed by atoms with van der Waals surface area (Å²) in [7, 11) is 0. The van der Waals surface area contributed by atoms with Crippen molar-refractivity contribution >= 4 is 23.1 Å². The molecule has 0 aliphatic rings. The van der Waals surface area contributed by atoms with Gasteiger partial charge in [0, 0.05) is 34.1 Å². The summed E-state index contributed by atoms with van der Waals surface area (Å²) in [5, 5.41) is 30.7. The van der Waals surface area contributed by atoms with Crippen molar-refractivity contribution in [1.82, 2.24) is 4.98 Å². The maximum absolute atomic E-state index is 13.2. The molecule has 0 amide bonds. The molecule has 0 radical (unpaired) electrons. The Morgan fingerprint density at radius 3 is 2.22 bits per heavy atom. The van der Waals surface area contributed by atoms with Crippen molar-refractivity contribution in [2.24, 2.45) is 0 Å².